The van der Waals surface area contributed by atoms with Crippen molar-refractivity contribution in [3.63, 3.8) is 0 Å². The van der Waals surface area contributed by atoms with Crippen LogP contribution in [-0.4, -0.2) is 11.6 Å². The summed E-state index contributed by atoms with van der Waals surface area (Å²) >= 11 is 6.11. The van der Waals surface area contributed by atoms with E-state index in [1.165, 1.54) is 5.56 Å². The Kier molecular flexibility index (Phi) is 2.16. The molecule has 2 aliphatic carbocycles. The van der Waals surface area contributed by atoms with Crippen LogP contribution in [0.1, 0.15) is 44.7 Å². The molecule has 0 N–H and O–H groups in total. The average Bonchev–Trinajstić information content (AvgIpc) is 2.69. The fraction of sp³-hybridized carbons (Fsp3) is 0.250. The number of benzene rings is 2. The molecule has 94 valence electrons. The average molecular weight is 271 g/mol. The van der Waals surface area contributed by atoms with Gasteiger partial charge in [0.25, 0.3) is 0 Å². The van der Waals surface area contributed by atoms with E-state index in [-0.39, 0.29) is 5.78 Å². The molecule has 2 aliphatic rings. The van der Waals surface area contributed by atoms with Crippen molar-refractivity contribution in [2.45, 2.75) is 25.7 Å². The van der Waals surface area contributed by atoms with Gasteiger partial charge in [-0.15, -0.1) is 0 Å². The fourth-order valence-corrected chi connectivity index (χ4v) is 3.64. The van der Waals surface area contributed by atoms with Gasteiger partial charge in [0.1, 0.15) is 0 Å². The number of Topliss-reactive ketones (excluding diaryl/α,β-unsaturated/α-hetero) is 2. The molecular weight excluding hydrogens is 260 g/mol. The molecule has 0 bridgehead atoms. The molecule has 2 nitrogen and oxygen atoms in total. The van der Waals surface area contributed by atoms with Gasteiger partial charge in [0.05, 0.1) is 10.6 Å². The maximum atomic E-state index is 12.3. The Bertz CT molecular complexity index is 774. The van der Waals surface area contributed by atoms with Crippen LogP contribution in [0.4, 0.5) is 0 Å². The number of carbonyl (C=O) groups excluding carboxylic acids is 2. The van der Waals surface area contributed by atoms with Crippen molar-refractivity contribution in [1.29, 1.82) is 0 Å². The van der Waals surface area contributed by atoms with Gasteiger partial charge in [-0.3, -0.25) is 9.59 Å². The second-order valence-corrected chi connectivity index (χ2v) is 5.68. The lowest BCUT2D eigenvalue weighted by Crippen LogP contribution is -2.12. The third-order valence-corrected chi connectivity index (χ3v) is 4.55. The van der Waals surface area contributed by atoms with Gasteiger partial charge in [-0.1, -0.05) is 23.7 Å². The lowest BCUT2D eigenvalue weighted by molar-refractivity contribution is 0.0825. The van der Waals surface area contributed by atoms with E-state index in [0.29, 0.717) is 16.1 Å². The number of carbonyl (C=O) groups is 2. The van der Waals surface area contributed by atoms with Gasteiger partial charge in [-0.2, -0.15) is 0 Å². The first kappa shape index (κ1) is 11.2. The molecule has 2 aromatic carbocycles. The zero-order valence-corrected chi connectivity index (χ0v) is 11.0. The monoisotopic (exact) mass is 270 g/mol. The molecule has 0 aromatic heterocycles. The highest BCUT2D eigenvalue weighted by Gasteiger charge is 2.36. The molecule has 0 saturated carbocycles. The largest absolute Gasteiger partial charge is 0.285 e. The van der Waals surface area contributed by atoms with E-state index >= 15 is 0 Å². The fourth-order valence-electron chi connectivity index (χ4n) is 3.39. The molecule has 0 saturated heterocycles. The minimum absolute atomic E-state index is 0.369. The third kappa shape index (κ3) is 1.32. The van der Waals surface area contributed by atoms with Gasteiger partial charge in [0, 0.05) is 10.9 Å². The molecule has 0 aliphatic heterocycles. The van der Waals surface area contributed by atoms with Gasteiger partial charge in [-0.05, 0) is 48.3 Å². The van der Waals surface area contributed by atoms with Crippen molar-refractivity contribution >= 4 is 33.9 Å². The summed E-state index contributed by atoms with van der Waals surface area (Å²) in [5.74, 6) is -0.809. The van der Waals surface area contributed by atoms with Crippen molar-refractivity contribution in [3.8, 4) is 0 Å². The molecule has 19 heavy (non-hydrogen) atoms. The number of halogens is 1. The Hall–Kier alpha value is -1.67. The van der Waals surface area contributed by atoms with E-state index in [1.807, 2.05) is 6.07 Å². The van der Waals surface area contributed by atoms with E-state index in [1.54, 1.807) is 6.07 Å². The Balaban J connectivity index is 2.22. The maximum absolute atomic E-state index is 12.3. The van der Waals surface area contributed by atoms with E-state index in [4.69, 9.17) is 11.6 Å². The van der Waals surface area contributed by atoms with E-state index in [2.05, 4.69) is 6.07 Å². The molecule has 0 radical (unpaired) electrons. The Morgan fingerprint density at radius 2 is 1.68 bits per heavy atom. The second-order valence-electron chi connectivity index (χ2n) is 5.28. The van der Waals surface area contributed by atoms with Crippen LogP contribution >= 0.6 is 11.6 Å². The van der Waals surface area contributed by atoms with E-state index < -0.39 is 5.78 Å². The number of ketones is 2. The van der Waals surface area contributed by atoms with Gasteiger partial charge < -0.3 is 0 Å². The Labute approximate surface area is 115 Å². The molecule has 2 aromatic rings. The number of aryl methyl sites for hydroxylation is 1. The first-order valence-electron chi connectivity index (χ1n) is 6.54. The van der Waals surface area contributed by atoms with E-state index in [0.717, 1.165) is 42.0 Å². The van der Waals surface area contributed by atoms with Crippen LogP contribution in [0.2, 0.25) is 5.02 Å². The van der Waals surface area contributed by atoms with Crippen LogP contribution in [0.15, 0.2) is 18.2 Å². The number of hydrogen-bond acceptors (Lipinski definition) is 2. The summed E-state index contributed by atoms with van der Waals surface area (Å²) in [5.41, 5.74) is 3.35. The highest BCUT2D eigenvalue weighted by molar-refractivity contribution is 6.60. The van der Waals surface area contributed by atoms with Crippen LogP contribution in [0.25, 0.3) is 10.8 Å². The van der Waals surface area contributed by atoms with Crippen molar-refractivity contribution in [1.82, 2.24) is 0 Å². The first-order chi connectivity index (χ1) is 9.18. The first-order valence-corrected chi connectivity index (χ1v) is 6.92. The van der Waals surface area contributed by atoms with Crippen LogP contribution in [0.5, 0.6) is 0 Å². The number of rotatable bonds is 0. The molecular formula is C16H11ClO2. The van der Waals surface area contributed by atoms with Crippen molar-refractivity contribution in [3.05, 3.63) is 45.5 Å². The van der Waals surface area contributed by atoms with Crippen LogP contribution in [-0.2, 0) is 12.8 Å². The van der Waals surface area contributed by atoms with Crippen LogP contribution < -0.4 is 0 Å². The predicted molar refractivity (Wildman–Crippen MR) is 74.3 cm³/mol. The van der Waals surface area contributed by atoms with Crippen molar-refractivity contribution in [2.24, 2.45) is 0 Å². The lowest BCUT2D eigenvalue weighted by Gasteiger charge is -2.18. The Morgan fingerprint density at radius 1 is 0.947 bits per heavy atom. The molecule has 0 spiro atoms. The highest BCUT2D eigenvalue weighted by atomic mass is 35.5. The molecule has 0 amide bonds. The van der Waals surface area contributed by atoms with E-state index in [9.17, 15) is 9.59 Å². The minimum atomic E-state index is -0.440. The summed E-state index contributed by atoms with van der Waals surface area (Å²) in [5, 5.41) is 2.14. The molecule has 0 fully saturated rings. The molecule has 4 rings (SSSR count). The maximum Gasteiger partial charge on any atom is 0.235 e. The summed E-state index contributed by atoms with van der Waals surface area (Å²) in [6.45, 7) is 0. The normalized spacial score (nSPS) is 17.1. The third-order valence-electron chi connectivity index (χ3n) is 4.24. The Morgan fingerprint density at radius 3 is 2.53 bits per heavy atom. The van der Waals surface area contributed by atoms with Gasteiger partial charge in [-0.25, -0.2) is 0 Å². The molecule has 0 unspecified atom stereocenters. The molecule has 3 heteroatoms. The highest BCUT2D eigenvalue weighted by Crippen LogP contribution is 2.40. The quantitative estimate of drug-likeness (QED) is 0.683. The van der Waals surface area contributed by atoms with Gasteiger partial charge in [0.2, 0.25) is 11.6 Å². The SMILES string of the molecule is O=C1C(=O)c2c3c(cc4ccc(Cl)c1c24)CCCC3. The minimum Gasteiger partial charge on any atom is -0.285 e. The predicted octanol–water partition coefficient (Wildman–Crippen LogP) is 3.75. The zero-order valence-electron chi connectivity index (χ0n) is 10.3. The van der Waals surface area contributed by atoms with Crippen molar-refractivity contribution < 1.29 is 9.59 Å². The summed E-state index contributed by atoms with van der Waals surface area (Å²) in [4.78, 5) is 24.4. The summed E-state index contributed by atoms with van der Waals surface area (Å²) < 4.78 is 0. The molecule has 0 heterocycles. The van der Waals surface area contributed by atoms with Crippen LogP contribution in [0.3, 0.4) is 0 Å². The summed E-state index contributed by atoms with van der Waals surface area (Å²) in [6, 6.07) is 5.75. The topological polar surface area (TPSA) is 34.1 Å². The zero-order chi connectivity index (χ0) is 13.1. The smallest absolute Gasteiger partial charge is 0.235 e. The van der Waals surface area contributed by atoms with Gasteiger partial charge >= 0.3 is 0 Å². The molecule has 0 atom stereocenters. The summed E-state index contributed by atoms with van der Waals surface area (Å²) in [6.07, 6.45) is 4.13. The summed E-state index contributed by atoms with van der Waals surface area (Å²) in [7, 11) is 0. The van der Waals surface area contributed by atoms with Gasteiger partial charge in [0.15, 0.2) is 0 Å². The number of fused-ring (bicyclic) bond motifs is 2. The van der Waals surface area contributed by atoms with Crippen LogP contribution in [0, 0.1) is 0 Å². The standard InChI is InChI=1S/C16H11ClO2/c17-11-6-5-9-7-8-3-1-2-4-10(8)13-12(9)14(11)16(19)15(13)18/h5-7H,1-4H2. The number of hydrogen-bond donors (Lipinski definition) is 0. The van der Waals surface area contributed by atoms with Crippen molar-refractivity contribution in [2.75, 3.05) is 0 Å². The lowest BCUT2D eigenvalue weighted by atomic mass is 9.85. The second kappa shape index (κ2) is 3.67.